The summed E-state index contributed by atoms with van der Waals surface area (Å²) in [6.07, 6.45) is 4.47. The second-order valence-corrected chi connectivity index (χ2v) is 7.88. The highest BCUT2D eigenvalue weighted by atomic mass is 19.1. The fourth-order valence-corrected chi connectivity index (χ4v) is 3.78. The summed E-state index contributed by atoms with van der Waals surface area (Å²) in [5.74, 6) is 0.945. The van der Waals surface area contributed by atoms with E-state index in [1.807, 2.05) is 42.5 Å². The highest BCUT2D eigenvalue weighted by Gasteiger charge is 2.16. The number of hydrogen-bond donors (Lipinski definition) is 0. The van der Waals surface area contributed by atoms with Gasteiger partial charge in [-0.15, -0.1) is 0 Å². The molecule has 0 aliphatic rings. The maximum Gasteiger partial charge on any atom is 0.261 e. The lowest BCUT2D eigenvalue weighted by Crippen LogP contribution is -2.24. The minimum Gasteiger partial charge on any atom is -0.493 e. The number of ether oxygens (including phenoxy) is 1. The van der Waals surface area contributed by atoms with E-state index in [1.165, 1.54) is 25.0 Å². The molecule has 4 aromatic rings. The summed E-state index contributed by atoms with van der Waals surface area (Å²) in [6.45, 7) is 3.09. The lowest BCUT2D eigenvalue weighted by molar-refractivity contribution is 0.306. The summed E-state index contributed by atoms with van der Waals surface area (Å²) in [6, 6.07) is 21.2. The molecule has 32 heavy (non-hydrogen) atoms. The van der Waals surface area contributed by atoms with Crippen LogP contribution < -0.4 is 10.3 Å². The molecule has 164 valence electrons. The molecule has 0 atom stereocenters. The van der Waals surface area contributed by atoms with Crippen LogP contribution in [0.15, 0.2) is 77.6 Å². The van der Waals surface area contributed by atoms with Crippen LogP contribution >= 0.6 is 0 Å². The van der Waals surface area contributed by atoms with Crippen LogP contribution in [0.4, 0.5) is 4.39 Å². The molecular weight excluding hydrogens is 403 g/mol. The molecule has 0 aliphatic carbocycles. The zero-order chi connectivity index (χ0) is 22.3. The van der Waals surface area contributed by atoms with E-state index in [1.54, 1.807) is 22.8 Å². The van der Waals surface area contributed by atoms with Crippen LogP contribution in [0, 0.1) is 5.82 Å². The average molecular weight is 431 g/mol. The quantitative estimate of drug-likeness (QED) is 0.297. The number of fused-ring (bicyclic) bond motifs is 1. The van der Waals surface area contributed by atoms with E-state index in [0.29, 0.717) is 29.1 Å². The smallest absolute Gasteiger partial charge is 0.261 e. The van der Waals surface area contributed by atoms with Crippen LogP contribution in [0.3, 0.4) is 0 Å². The molecule has 0 spiro atoms. The number of unbranched alkanes of at least 4 members (excludes halogenated alkanes) is 3. The fourth-order valence-electron chi connectivity index (χ4n) is 3.78. The number of halogens is 1. The zero-order valence-corrected chi connectivity index (χ0v) is 18.3. The summed E-state index contributed by atoms with van der Waals surface area (Å²) in [5, 5.41) is 0.552. The topological polar surface area (TPSA) is 44.1 Å². The molecule has 0 saturated heterocycles. The third-order valence-corrected chi connectivity index (χ3v) is 5.50. The Morgan fingerprint density at radius 1 is 0.906 bits per heavy atom. The van der Waals surface area contributed by atoms with Gasteiger partial charge in [0.2, 0.25) is 0 Å². The lowest BCUT2D eigenvalue weighted by Gasteiger charge is -2.17. The second-order valence-electron chi connectivity index (χ2n) is 7.88. The molecule has 0 N–H and O–H groups in total. The lowest BCUT2D eigenvalue weighted by atomic mass is 10.1. The van der Waals surface area contributed by atoms with Crippen molar-refractivity contribution in [3.05, 3.63) is 94.5 Å². The number of benzene rings is 3. The number of nitrogens with zero attached hydrogens (tertiary/aromatic N) is 2. The van der Waals surface area contributed by atoms with Gasteiger partial charge in [0.15, 0.2) is 0 Å². The van der Waals surface area contributed by atoms with Crippen molar-refractivity contribution in [1.82, 2.24) is 9.55 Å². The van der Waals surface area contributed by atoms with Gasteiger partial charge in [-0.1, -0.05) is 62.6 Å². The molecular formula is C27H27FN2O2. The van der Waals surface area contributed by atoms with Crippen LogP contribution in [0.1, 0.15) is 38.2 Å². The van der Waals surface area contributed by atoms with Crippen LogP contribution in [0.25, 0.3) is 22.3 Å². The van der Waals surface area contributed by atoms with Crippen molar-refractivity contribution in [3.8, 4) is 17.1 Å². The zero-order valence-electron chi connectivity index (χ0n) is 18.3. The summed E-state index contributed by atoms with van der Waals surface area (Å²) in [5.41, 5.74) is 2.10. The summed E-state index contributed by atoms with van der Waals surface area (Å²) in [7, 11) is 0. The Morgan fingerprint density at radius 2 is 1.66 bits per heavy atom. The number of aromatic nitrogens is 2. The largest absolute Gasteiger partial charge is 0.493 e. The van der Waals surface area contributed by atoms with Gasteiger partial charge in [-0.2, -0.15) is 0 Å². The molecule has 0 bridgehead atoms. The summed E-state index contributed by atoms with van der Waals surface area (Å²) >= 11 is 0. The van der Waals surface area contributed by atoms with Gasteiger partial charge in [0.25, 0.3) is 5.56 Å². The average Bonchev–Trinajstić information content (AvgIpc) is 2.82. The molecule has 0 radical (unpaired) electrons. The number of rotatable bonds is 9. The van der Waals surface area contributed by atoms with Gasteiger partial charge >= 0.3 is 0 Å². The third kappa shape index (κ3) is 4.88. The Labute approximate surface area is 187 Å². The molecule has 0 fully saturated rings. The van der Waals surface area contributed by atoms with E-state index in [0.717, 1.165) is 24.0 Å². The van der Waals surface area contributed by atoms with Crippen molar-refractivity contribution in [2.75, 3.05) is 6.61 Å². The van der Waals surface area contributed by atoms with Crippen LogP contribution in [-0.2, 0) is 6.54 Å². The minimum absolute atomic E-state index is 0.132. The van der Waals surface area contributed by atoms with E-state index < -0.39 is 0 Å². The van der Waals surface area contributed by atoms with Gasteiger partial charge in [-0.05, 0) is 48.4 Å². The highest BCUT2D eigenvalue weighted by molar-refractivity contribution is 5.80. The highest BCUT2D eigenvalue weighted by Crippen LogP contribution is 2.29. The van der Waals surface area contributed by atoms with Gasteiger partial charge < -0.3 is 4.74 Å². The molecule has 5 heteroatoms. The van der Waals surface area contributed by atoms with Crippen LogP contribution in [-0.4, -0.2) is 16.2 Å². The van der Waals surface area contributed by atoms with Crippen molar-refractivity contribution in [3.63, 3.8) is 0 Å². The maximum absolute atomic E-state index is 13.4. The Hall–Kier alpha value is -3.47. The Bertz CT molecular complexity index is 1250. The molecule has 4 rings (SSSR count). The predicted octanol–water partition coefficient (Wildman–Crippen LogP) is 6.21. The van der Waals surface area contributed by atoms with Crippen molar-refractivity contribution in [2.45, 2.75) is 39.2 Å². The Kier molecular flexibility index (Phi) is 6.95. The standard InChI is InChI=1S/C27H27FN2O2/c1-2-3-4-9-18-32-25-13-8-6-11-23(25)26-29-24-12-7-5-10-22(24)27(31)30(26)19-20-14-16-21(28)17-15-20/h5-8,10-17H,2-4,9,18-19H2,1H3. The van der Waals surface area contributed by atoms with Gasteiger partial charge in [0, 0.05) is 0 Å². The van der Waals surface area contributed by atoms with Gasteiger partial charge in [-0.3, -0.25) is 9.36 Å². The van der Waals surface area contributed by atoms with E-state index >= 15 is 0 Å². The van der Waals surface area contributed by atoms with Gasteiger partial charge in [0.1, 0.15) is 17.4 Å². The minimum atomic E-state index is -0.306. The van der Waals surface area contributed by atoms with E-state index in [9.17, 15) is 9.18 Å². The van der Waals surface area contributed by atoms with E-state index in [-0.39, 0.29) is 17.9 Å². The SMILES string of the molecule is CCCCCCOc1ccccc1-c1nc2ccccc2c(=O)n1Cc1ccc(F)cc1. The molecule has 0 aliphatic heterocycles. The molecule has 4 nitrogen and oxygen atoms in total. The molecule has 1 heterocycles. The second kappa shape index (κ2) is 10.2. The first-order valence-corrected chi connectivity index (χ1v) is 11.1. The van der Waals surface area contributed by atoms with E-state index in [2.05, 4.69) is 6.92 Å². The van der Waals surface area contributed by atoms with Gasteiger partial charge in [0.05, 0.1) is 29.6 Å². The first-order chi connectivity index (χ1) is 15.7. The third-order valence-electron chi connectivity index (χ3n) is 5.50. The normalized spacial score (nSPS) is 11.1. The van der Waals surface area contributed by atoms with Crippen LogP contribution in [0.2, 0.25) is 0 Å². The molecule has 0 unspecified atom stereocenters. The summed E-state index contributed by atoms with van der Waals surface area (Å²) < 4.78 is 21.2. The molecule has 1 aromatic heterocycles. The Balaban J connectivity index is 1.78. The summed E-state index contributed by atoms with van der Waals surface area (Å²) in [4.78, 5) is 18.3. The van der Waals surface area contributed by atoms with E-state index in [4.69, 9.17) is 9.72 Å². The van der Waals surface area contributed by atoms with Gasteiger partial charge in [-0.25, -0.2) is 9.37 Å². The van der Waals surface area contributed by atoms with Crippen molar-refractivity contribution < 1.29 is 9.13 Å². The first-order valence-electron chi connectivity index (χ1n) is 11.1. The number of hydrogen-bond acceptors (Lipinski definition) is 3. The predicted molar refractivity (Wildman–Crippen MR) is 127 cm³/mol. The van der Waals surface area contributed by atoms with Crippen molar-refractivity contribution >= 4 is 10.9 Å². The van der Waals surface area contributed by atoms with Crippen LogP contribution in [0.5, 0.6) is 5.75 Å². The van der Waals surface area contributed by atoms with Crippen molar-refractivity contribution in [1.29, 1.82) is 0 Å². The first kappa shape index (κ1) is 21.8. The maximum atomic E-state index is 13.4. The fraction of sp³-hybridized carbons (Fsp3) is 0.259. The number of para-hydroxylation sites is 2. The molecule has 0 amide bonds. The van der Waals surface area contributed by atoms with Crippen molar-refractivity contribution in [2.24, 2.45) is 0 Å². The molecule has 0 saturated carbocycles. The monoisotopic (exact) mass is 430 g/mol. The Morgan fingerprint density at radius 3 is 2.47 bits per heavy atom. The molecule has 3 aromatic carbocycles.